The van der Waals surface area contributed by atoms with Crippen LogP contribution < -0.4 is 5.32 Å². The van der Waals surface area contributed by atoms with E-state index >= 15 is 0 Å². The summed E-state index contributed by atoms with van der Waals surface area (Å²) in [6.45, 7) is 6.22. The average molecular weight is 257 g/mol. The molecule has 0 bridgehead atoms. The second kappa shape index (κ2) is 6.53. The maximum atomic E-state index is 4.52. The van der Waals surface area contributed by atoms with Crippen LogP contribution in [0.25, 0.3) is 0 Å². The van der Waals surface area contributed by atoms with E-state index in [1.807, 2.05) is 11.7 Å². The molecule has 0 amide bonds. The number of hydrogen-bond acceptors (Lipinski definition) is 2. The molecule has 2 rings (SSSR count). The summed E-state index contributed by atoms with van der Waals surface area (Å²) in [7, 11) is 2.01. The summed E-state index contributed by atoms with van der Waals surface area (Å²) in [4.78, 5) is 0. The zero-order valence-corrected chi connectivity index (χ0v) is 12.1. The third kappa shape index (κ3) is 3.93. The van der Waals surface area contributed by atoms with Gasteiger partial charge in [0.1, 0.15) is 0 Å². The third-order valence-electron chi connectivity index (χ3n) is 3.33. The van der Waals surface area contributed by atoms with E-state index in [0.717, 1.165) is 19.5 Å². The predicted octanol–water partition coefficient (Wildman–Crippen LogP) is 2.88. The molecule has 3 nitrogen and oxygen atoms in total. The van der Waals surface area contributed by atoms with Gasteiger partial charge < -0.3 is 5.32 Å². The molecule has 1 heterocycles. The van der Waals surface area contributed by atoms with Crippen LogP contribution in [0.15, 0.2) is 36.4 Å². The van der Waals surface area contributed by atoms with Crippen LogP contribution in [0, 0.1) is 0 Å². The molecule has 1 aromatic carbocycles. The molecular weight excluding hydrogens is 234 g/mol. The lowest BCUT2D eigenvalue weighted by Gasteiger charge is -2.05. The Morgan fingerprint density at radius 2 is 1.95 bits per heavy atom. The van der Waals surface area contributed by atoms with Crippen LogP contribution in [0.5, 0.6) is 0 Å². The minimum absolute atomic E-state index is 0.490. The Morgan fingerprint density at radius 1 is 1.21 bits per heavy atom. The number of aryl methyl sites for hydroxylation is 1. The van der Waals surface area contributed by atoms with Crippen molar-refractivity contribution < 1.29 is 0 Å². The van der Waals surface area contributed by atoms with Crippen molar-refractivity contribution >= 4 is 0 Å². The van der Waals surface area contributed by atoms with Crippen LogP contribution in [-0.4, -0.2) is 16.3 Å². The molecule has 0 aliphatic carbocycles. The molecule has 102 valence electrons. The Bertz CT molecular complexity index is 500. The number of rotatable bonds is 6. The Hall–Kier alpha value is -1.61. The molecule has 0 aliphatic rings. The zero-order valence-electron chi connectivity index (χ0n) is 12.1. The fourth-order valence-corrected chi connectivity index (χ4v) is 2.07. The molecule has 0 atom stereocenters. The topological polar surface area (TPSA) is 29.9 Å². The summed E-state index contributed by atoms with van der Waals surface area (Å²) >= 11 is 0. The van der Waals surface area contributed by atoms with Crippen molar-refractivity contribution in [2.24, 2.45) is 7.05 Å². The summed E-state index contributed by atoms with van der Waals surface area (Å²) in [5, 5.41) is 8.01. The van der Waals surface area contributed by atoms with Crippen molar-refractivity contribution in [3.63, 3.8) is 0 Å². The SMILES string of the molecule is CC(C)c1cc(CNCCc2ccccc2)n(C)n1. The van der Waals surface area contributed by atoms with Gasteiger partial charge in [-0.25, -0.2) is 0 Å². The number of benzene rings is 1. The molecule has 0 unspecified atom stereocenters. The highest BCUT2D eigenvalue weighted by molar-refractivity contribution is 5.15. The van der Waals surface area contributed by atoms with Crippen LogP contribution in [0.4, 0.5) is 0 Å². The van der Waals surface area contributed by atoms with E-state index in [0.29, 0.717) is 5.92 Å². The second-order valence-corrected chi connectivity index (χ2v) is 5.25. The van der Waals surface area contributed by atoms with Crippen LogP contribution in [0.2, 0.25) is 0 Å². The van der Waals surface area contributed by atoms with Crippen molar-refractivity contribution in [1.29, 1.82) is 0 Å². The number of nitrogens with one attached hydrogen (secondary N) is 1. The van der Waals surface area contributed by atoms with Crippen molar-refractivity contribution in [1.82, 2.24) is 15.1 Å². The fraction of sp³-hybridized carbons (Fsp3) is 0.438. The Kier molecular flexibility index (Phi) is 4.74. The van der Waals surface area contributed by atoms with E-state index in [1.165, 1.54) is 17.0 Å². The fourth-order valence-electron chi connectivity index (χ4n) is 2.07. The van der Waals surface area contributed by atoms with Crippen LogP contribution in [-0.2, 0) is 20.0 Å². The Balaban J connectivity index is 1.80. The lowest BCUT2D eigenvalue weighted by Crippen LogP contribution is -2.18. The monoisotopic (exact) mass is 257 g/mol. The molecule has 1 aromatic heterocycles. The average Bonchev–Trinajstić information content (AvgIpc) is 2.78. The smallest absolute Gasteiger partial charge is 0.0653 e. The molecule has 0 fully saturated rings. The van der Waals surface area contributed by atoms with Gasteiger partial charge in [0.25, 0.3) is 0 Å². The molecule has 0 saturated carbocycles. The largest absolute Gasteiger partial charge is 0.311 e. The minimum atomic E-state index is 0.490. The van der Waals surface area contributed by atoms with E-state index in [-0.39, 0.29) is 0 Å². The quantitative estimate of drug-likeness (QED) is 0.806. The van der Waals surface area contributed by atoms with Gasteiger partial charge in [-0.05, 0) is 30.5 Å². The van der Waals surface area contributed by atoms with E-state index in [1.54, 1.807) is 0 Å². The zero-order chi connectivity index (χ0) is 13.7. The van der Waals surface area contributed by atoms with Gasteiger partial charge in [-0.15, -0.1) is 0 Å². The molecular formula is C16H23N3. The molecule has 0 spiro atoms. The van der Waals surface area contributed by atoms with Gasteiger partial charge in [-0.3, -0.25) is 4.68 Å². The molecule has 0 radical (unpaired) electrons. The van der Waals surface area contributed by atoms with E-state index in [2.05, 4.69) is 60.7 Å². The first-order valence-electron chi connectivity index (χ1n) is 6.94. The first kappa shape index (κ1) is 13.8. The second-order valence-electron chi connectivity index (χ2n) is 5.25. The lowest BCUT2D eigenvalue weighted by molar-refractivity contribution is 0.620. The van der Waals surface area contributed by atoms with E-state index < -0.39 is 0 Å². The van der Waals surface area contributed by atoms with Crippen molar-refractivity contribution in [2.75, 3.05) is 6.54 Å². The highest BCUT2D eigenvalue weighted by atomic mass is 15.3. The highest BCUT2D eigenvalue weighted by Gasteiger charge is 2.07. The molecule has 2 aromatic rings. The maximum absolute atomic E-state index is 4.52. The molecule has 0 aliphatic heterocycles. The first-order valence-corrected chi connectivity index (χ1v) is 6.94. The summed E-state index contributed by atoms with van der Waals surface area (Å²) in [6.07, 6.45) is 1.07. The minimum Gasteiger partial charge on any atom is -0.311 e. The molecule has 1 N–H and O–H groups in total. The standard InChI is InChI=1S/C16H23N3/c1-13(2)16-11-15(19(3)18-16)12-17-10-9-14-7-5-4-6-8-14/h4-8,11,13,17H,9-10,12H2,1-3H3. The first-order chi connectivity index (χ1) is 9.16. The van der Waals surface area contributed by atoms with Crippen LogP contribution in [0.3, 0.4) is 0 Å². The van der Waals surface area contributed by atoms with Gasteiger partial charge in [0.05, 0.1) is 11.4 Å². The lowest BCUT2D eigenvalue weighted by atomic mass is 10.1. The highest BCUT2D eigenvalue weighted by Crippen LogP contribution is 2.13. The number of nitrogens with zero attached hydrogens (tertiary/aromatic N) is 2. The molecule has 3 heteroatoms. The van der Waals surface area contributed by atoms with E-state index in [4.69, 9.17) is 0 Å². The third-order valence-corrected chi connectivity index (χ3v) is 3.33. The molecule has 19 heavy (non-hydrogen) atoms. The molecule has 0 saturated heterocycles. The van der Waals surface area contributed by atoms with E-state index in [9.17, 15) is 0 Å². The summed E-state index contributed by atoms with van der Waals surface area (Å²) in [6, 6.07) is 12.8. The maximum Gasteiger partial charge on any atom is 0.0653 e. The summed E-state index contributed by atoms with van der Waals surface area (Å²) in [5.41, 5.74) is 3.79. The Morgan fingerprint density at radius 3 is 2.58 bits per heavy atom. The van der Waals surface area contributed by atoms with Gasteiger partial charge in [-0.2, -0.15) is 5.10 Å². The van der Waals surface area contributed by atoms with Crippen LogP contribution >= 0.6 is 0 Å². The van der Waals surface area contributed by atoms with Gasteiger partial charge in [0.15, 0.2) is 0 Å². The normalized spacial score (nSPS) is 11.2. The number of aromatic nitrogens is 2. The van der Waals surface area contributed by atoms with Gasteiger partial charge >= 0.3 is 0 Å². The van der Waals surface area contributed by atoms with Gasteiger partial charge in [0, 0.05) is 13.6 Å². The van der Waals surface area contributed by atoms with Gasteiger partial charge in [0.2, 0.25) is 0 Å². The van der Waals surface area contributed by atoms with Crippen molar-refractivity contribution in [2.45, 2.75) is 32.7 Å². The predicted molar refractivity (Wildman–Crippen MR) is 79.1 cm³/mol. The van der Waals surface area contributed by atoms with Gasteiger partial charge in [-0.1, -0.05) is 44.2 Å². The van der Waals surface area contributed by atoms with Crippen molar-refractivity contribution in [3.05, 3.63) is 53.3 Å². The Labute approximate surface area is 115 Å². The van der Waals surface area contributed by atoms with Crippen LogP contribution in [0.1, 0.15) is 36.7 Å². The summed E-state index contributed by atoms with van der Waals surface area (Å²) in [5.74, 6) is 0.490. The summed E-state index contributed by atoms with van der Waals surface area (Å²) < 4.78 is 1.98. The number of hydrogen-bond donors (Lipinski definition) is 1. The van der Waals surface area contributed by atoms with Crippen molar-refractivity contribution in [3.8, 4) is 0 Å².